The molecule has 2 heterocycles. The molecule has 3 rings (SSSR count). The Kier molecular flexibility index (Phi) is 16.3. The Labute approximate surface area is 194 Å². The molecule has 7 nitrogen and oxygen atoms in total. The van der Waals surface area contributed by atoms with Crippen LogP contribution >= 0.6 is 11.3 Å². The zero-order valence-electron chi connectivity index (χ0n) is 19.8. The number of pyridine rings is 1. The normalized spacial score (nSPS) is 10.5. The number of nitrogens with zero attached hydrogens (tertiary/aromatic N) is 2. The Bertz CT molecular complexity index is 1010. The van der Waals surface area contributed by atoms with Crippen LogP contribution in [0.3, 0.4) is 0 Å². The summed E-state index contributed by atoms with van der Waals surface area (Å²) in [6, 6.07) is 9.51. The predicted molar refractivity (Wildman–Crippen MR) is 136 cm³/mol. The lowest BCUT2D eigenvalue weighted by molar-refractivity contribution is 0.215. The van der Waals surface area contributed by atoms with Crippen LogP contribution < -0.4 is 5.56 Å². The first-order chi connectivity index (χ1) is 15.6. The van der Waals surface area contributed by atoms with Crippen molar-refractivity contribution in [3.8, 4) is 11.3 Å². The number of ether oxygens (including phenoxy) is 1. The minimum atomic E-state index is -0.152. The van der Waals surface area contributed by atoms with Gasteiger partial charge in [-0.15, -0.1) is 11.3 Å². The van der Waals surface area contributed by atoms with Gasteiger partial charge >= 0.3 is 0 Å². The van der Waals surface area contributed by atoms with Crippen LogP contribution in [-0.2, 0) is 11.2 Å². The molecule has 8 heteroatoms. The fourth-order valence-electron chi connectivity index (χ4n) is 2.32. The molecule has 3 N–H and O–H groups in total. The molecule has 0 amide bonds. The zero-order valence-corrected chi connectivity index (χ0v) is 20.6. The van der Waals surface area contributed by atoms with E-state index in [4.69, 9.17) is 5.11 Å². The van der Waals surface area contributed by atoms with Crippen LogP contribution in [0.1, 0.15) is 32.7 Å². The number of thiazole rings is 1. The molecule has 3 aromatic rings. The third-order valence-corrected chi connectivity index (χ3v) is 4.69. The molecule has 0 aliphatic rings. The molecule has 176 valence electrons. The molecule has 0 bridgehead atoms. The van der Waals surface area contributed by atoms with E-state index in [1.165, 1.54) is 11.3 Å². The smallest absolute Gasteiger partial charge is 0.257 e. The third-order valence-electron chi connectivity index (χ3n) is 3.82. The number of aliphatic imine (C=N–C) groups is 1. The summed E-state index contributed by atoms with van der Waals surface area (Å²) in [4.78, 5) is 23.6. The molecule has 0 fully saturated rings. The van der Waals surface area contributed by atoms with Crippen LogP contribution in [0, 0.1) is 0 Å². The highest BCUT2D eigenvalue weighted by molar-refractivity contribution is 7.10. The van der Waals surface area contributed by atoms with Gasteiger partial charge < -0.3 is 19.9 Å². The molecule has 32 heavy (non-hydrogen) atoms. The average molecular weight is 462 g/mol. The molecular formula is C24H35N3O4S. The van der Waals surface area contributed by atoms with Crippen molar-refractivity contribution >= 4 is 28.5 Å². The maximum atomic E-state index is 12.3. The highest BCUT2D eigenvalue weighted by Crippen LogP contribution is 2.22. The van der Waals surface area contributed by atoms with Crippen molar-refractivity contribution in [2.75, 3.05) is 27.4 Å². The molecular weight excluding hydrogens is 426 g/mol. The van der Waals surface area contributed by atoms with Crippen LogP contribution in [0.4, 0.5) is 0 Å². The zero-order chi connectivity index (χ0) is 24.4. The van der Waals surface area contributed by atoms with E-state index < -0.39 is 0 Å². The second-order valence-corrected chi connectivity index (χ2v) is 6.74. The van der Waals surface area contributed by atoms with Gasteiger partial charge in [0.2, 0.25) is 0 Å². The summed E-state index contributed by atoms with van der Waals surface area (Å²) < 4.78 is 4.54. The number of fused-ring (bicyclic) bond motifs is 1. The van der Waals surface area contributed by atoms with E-state index >= 15 is 0 Å². The van der Waals surface area contributed by atoms with Gasteiger partial charge in [-0.1, -0.05) is 32.0 Å². The maximum absolute atomic E-state index is 12.3. The Morgan fingerprint density at radius 1 is 1.28 bits per heavy atom. The summed E-state index contributed by atoms with van der Waals surface area (Å²) in [5, 5.41) is 20.4. The first-order valence-electron chi connectivity index (χ1n) is 10.4. The van der Waals surface area contributed by atoms with Crippen molar-refractivity contribution in [1.82, 2.24) is 9.97 Å². The predicted octanol–water partition coefficient (Wildman–Crippen LogP) is 5.01. The second-order valence-electron chi connectivity index (χ2n) is 5.80. The van der Waals surface area contributed by atoms with Crippen molar-refractivity contribution in [2.45, 2.75) is 34.1 Å². The highest BCUT2D eigenvalue weighted by Gasteiger charge is 2.09. The lowest BCUT2D eigenvalue weighted by Crippen LogP contribution is -2.08. The first kappa shape index (κ1) is 29.2. The molecule has 0 saturated carbocycles. The number of rotatable bonds is 6. The van der Waals surface area contributed by atoms with Gasteiger partial charge in [0.05, 0.1) is 22.8 Å². The van der Waals surface area contributed by atoms with E-state index in [1.807, 2.05) is 63.4 Å². The van der Waals surface area contributed by atoms with Crippen molar-refractivity contribution in [3.05, 3.63) is 62.9 Å². The topological polar surface area (TPSA) is 108 Å². The first-order valence-corrected chi connectivity index (χ1v) is 11.3. The number of hydrogen-bond acceptors (Lipinski definition) is 7. The quantitative estimate of drug-likeness (QED) is 0.353. The van der Waals surface area contributed by atoms with Crippen LogP contribution in [0.5, 0.6) is 0 Å². The Morgan fingerprint density at radius 2 is 1.94 bits per heavy atom. The van der Waals surface area contributed by atoms with E-state index in [-0.39, 0.29) is 17.9 Å². The van der Waals surface area contributed by atoms with E-state index in [2.05, 4.69) is 19.7 Å². The number of H-pyrrole nitrogens is 1. The monoisotopic (exact) mass is 461 g/mol. The molecule has 0 unspecified atom stereocenters. The van der Waals surface area contributed by atoms with Crippen LogP contribution in [-0.4, -0.2) is 53.8 Å². The van der Waals surface area contributed by atoms with Gasteiger partial charge in [-0.3, -0.25) is 9.79 Å². The number of aliphatic hydroxyl groups excluding tert-OH is 2. The van der Waals surface area contributed by atoms with Crippen LogP contribution in [0.2, 0.25) is 0 Å². The molecule has 0 radical (unpaired) electrons. The second kappa shape index (κ2) is 17.8. The van der Waals surface area contributed by atoms with Gasteiger partial charge in [-0.2, -0.15) is 0 Å². The number of benzene rings is 1. The molecule has 0 aliphatic carbocycles. The Balaban J connectivity index is 0.00000106. The summed E-state index contributed by atoms with van der Waals surface area (Å²) in [6.07, 6.45) is 3.86. The van der Waals surface area contributed by atoms with Crippen LogP contribution in [0.15, 0.2) is 57.3 Å². The largest absolute Gasteiger partial charge is 0.511 e. The van der Waals surface area contributed by atoms with Gasteiger partial charge in [0.25, 0.3) is 5.56 Å². The third kappa shape index (κ3) is 10.00. The highest BCUT2D eigenvalue weighted by atomic mass is 32.1. The molecule has 0 spiro atoms. The van der Waals surface area contributed by atoms with Crippen molar-refractivity contribution < 1.29 is 14.9 Å². The molecule has 2 aromatic heterocycles. The minimum Gasteiger partial charge on any atom is -0.511 e. The van der Waals surface area contributed by atoms with Crippen molar-refractivity contribution in [1.29, 1.82) is 0 Å². The van der Waals surface area contributed by atoms with E-state index in [9.17, 15) is 9.90 Å². The number of aromatic nitrogens is 2. The number of aromatic amines is 1. The summed E-state index contributed by atoms with van der Waals surface area (Å²) in [7, 11) is 2.68. The number of aliphatic hydroxyl groups is 2. The number of nitrogens with one attached hydrogen (secondary N) is 1. The minimum absolute atomic E-state index is 0.152. The van der Waals surface area contributed by atoms with Crippen molar-refractivity contribution in [2.24, 2.45) is 4.99 Å². The van der Waals surface area contributed by atoms with Gasteiger partial charge in [0.15, 0.2) is 0 Å². The summed E-state index contributed by atoms with van der Waals surface area (Å²) in [5.74, 6) is 0.216. The lowest BCUT2D eigenvalue weighted by Gasteiger charge is -2.00. The summed E-state index contributed by atoms with van der Waals surface area (Å²) in [6.45, 7) is 8.86. The van der Waals surface area contributed by atoms with Gasteiger partial charge in [-0.25, -0.2) is 4.98 Å². The molecule has 0 atom stereocenters. The molecule has 0 aliphatic heterocycles. The number of hydrogen-bond donors (Lipinski definition) is 3. The van der Waals surface area contributed by atoms with Gasteiger partial charge in [0.1, 0.15) is 5.76 Å². The lowest BCUT2D eigenvalue weighted by atomic mass is 10.1. The summed E-state index contributed by atoms with van der Waals surface area (Å²) >= 11 is 1.47. The van der Waals surface area contributed by atoms with Gasteiger partial charge in [-0.05, 0) is 43.7 Å². The van der Waals surface area contributed by atoms with E-state index in [0.29, 0.717) is 17.7 Å². The fraction of sp³-hybridized carbons (Fsp3) is 0.375. The standard InChI is InChI=1S/C18H17N3O2S.C3H8O.C2H6.CH4O/c1-2-19-10-13(22)7-8-17-20-16(11-24-17)14-9-12-5-3-4-6-15(12)21-18(14)23;1-3-4-2;2*1-2/h2-7,9,11,22H,8,10H2,1H3,(H,21,23);3H2,1-2H3;1-2H3;2H,1H3/b13-7+,19-2?;;;. The molecule has 0 saturated heterocycles. The number of para-hydroxylation sites is 1. The number of allylic oxidation sites excluding steroid dienone is 1. The summed E-state index contributed by atoms with van der Waals surface area (Å²) in [5.41, 5.74) is 1.87. The SMILES string of the molecule is CC.CC=NC/C(O)=C\Cc1nc(-c2cc3ccccc3[nH]c2=O)cs1.CCOC.CO. The number of methoxy groups -OCH3 is 1. The average Bonchev–Trinajstić information content (AvgIpc) is 3.32. The van der Waals surface area contributed by atoms with Gasteiger partial charge in [0, 0.05) is 38.1 Å². The van der Waals surface area contributed by atoms with E-state index in [1.54, 1.807) is 19.4 Å². The fourth-order valence-corrected chi connectivity index (χ4v) is 3.08. The maximum Gasteiger partial charge on any atom is 0.257 e. The Hall–Kier alpha value is -2.81. The van der Waals surface area contributed by atoms with Crippen LogP contribution in [0.25, 0.3) is 22.2 Å². The van der Waals surface area contributed by atoms with Crippen molar-refractivity contribution in [3.63, 3.8) is 0 Å². The Morgan fingerprint density at radius 3 is 2.56 bits per heavy atom. The molecule has 1 aromatic carbocycles. The van der Waals surface area contributed by atoms with E-state index in [0.717, 1.165) is 29.6 Å².